The van der Waals surface area contributed by atoms with Crippen LogP contribution in [0.15, 0.2) is 60.7 Å². The molecule has 0 N–H and O–H groups in total. The van der Waals surface area contributed by atoms with Gasteiger partial charge in [0.05, 0.1) is 27.8 Å². The molecule has 0 radical (unpaired) electrons. The van der Waals surface area contributed by atoms with E-state index >= 15 is 0 Å². The molecule has 0 aliphatic carbocycles. The first-order valence-corrected chi connectivity index (χ1v) is 9.37. The first kappa shape index (κ1) is 15.0. The molecule has 0 bridgehead atoms. The molecule has 0 aliphatic rings. The number of para-hydroxylation sites is 3. The molecule has 5 aromatic rings. The summed E-state index contributed by atoms with van der Waals surface area (Å²) in [5.41, 5.74) is 8.32. The Morgan fingerprint density at radius 2 is 1.60 bits per heavy atom. The van der Waals surface area contributed by atoms with Crippen molar-refractivity contribution in [3.63, 3.8) is 0 Å². The van der Waals surface area contributed by atoms with Gasteiger partial charge in [0.15, 0.2) is 0 Å². The van der Waals surface area contributed by atoms with Crippen LogP contribution in [0.25, 0.3) is 33.5 Å². The molecule has 3 nitrogen and oxygen atoms in total. The van der Waals surface area contributed by atoms with E-state index in [1.165, 1.54) is 31.4 Å². The van der Waals surface area contributed by atoms with E-state index in [4.69, 9.17) is 4.98 Å². The van der Waals surface area contributed by atoms with Gasteiger partial charge in [-0.25, -0.2) is 4.98 Å². The molecule has 2 heterocycles. The van der Waals surface area contributed by atoms with E-state index in [1.54, 1.807) is 0 Å². The lowest BCUT2D eigenvalue weighted by molar-refractivity contribution is 1.08. The van der Waals surface area contributed by atoms with Crippen LogP contribution in [-0.4, -0.2) is 14.0 Å². The number of hydrogen-bond donors (Lipinski definition) is 0. The molecular weight excluding hydrogens is 421 g/mol. The molecule has 0 atom stereocenters. The summed E-state index contributed by atoms with van der Waals surface area (Å²) in [5, 5.41) is 0. The summed E-state index contributed by atoms with van der Waals surface area (Å²) >= 11 is 2.42. The smallest absolute Gasteiger partial charge is 0.220 e. The number of benzene rings is 3. The molecule has 122 valence electrons. The molecular formula is C21H16IN3. The van der Waals surface area contributed by atoms with Crippen molar-refractivity contribution in [3.8, 4) is 5.69 Å². The van der Waals surface area contributed by atoms with Crippen molar-refractivity contribution in [1.29, 1.82) is 0 Å². The maximum atomic E-state index is 4.96. The summed E-state index contributed by atoms with van der Waals surface area (Å²) in [7, 11) is 0. The number of imidazole rings is 2. The zero-order valence-corrected chi connectivity index (χ0v) is 16.2. The van der Waals surface area contributed by atoms with Gasteiger partial charge in [0.25, 0.3) is 0 Å². The molecule has 25 heavy (non-hydrogen) atoms. The van der Waals surface area contributed by atoms with Gasteiger partial charge in [0.1, 0.15) is 0 Å². The van der Waals surface area contributed by atoms with Gasteiger partial charge in [-0.2, -0.15) is 0 Å². The van der Waals surface area contributed by atoms with Gasteiger partial charge < -0.3 is 0 Å². The maximum absolute atomic E-state index is 4.96. The third-order valence-electron chi connectivity index (χ3n) is 4.91. The predicted molar refractivity (Wildman–Crippen MR) is 112 cm³/mol. The van der Waals surface area contributed by atoms with Crippen molar-refractivity contribution in [2.45, 2.75) is 13.8 Å². The number of rotatable bonds is 1. The second-order valence-corrected chi connectivity index (χ2v) is 7.56. The van der Waals surface area contributed by atoms with E-state index < -0.39 is 0 Å². The van der Waals surface area contributed by atoms with Crippen LogP contribution in [0.3, 0.4) is 0 Å². The molecule has 4 heteroatoms. The Morgan fingerprint density at radius 1 is 0.840 bits per heavy atom. The summed E-state index contributed by atoms with van der Waals surface area (Å²) in [5.74, 6) is 0.968. The van der Waals surface area contributed by atoms with Crippen LogP contribution in [-0.2, 0) is 0 Å². The lowest BCUT2D eigenvalue weighted by atomic mass is 10.1. The first-order valence-electron chi connectivity index (χ1n) is 8.29. The zero-order chi connectivity index (χ0) is 17.1. The minimum atomic E-state index is 0.968. The van der Waals surface area contributed by atoms with Crippen LogP contribution >= 0.6 is 22.6 Å². The van der Waals surface area contributed by atoms with E-state index in [-0.39, 0.29) is 0 Å². The average molecular weight is 437 g/mol. The van der Waals surface area contributed by atoms with Crippen molar-refractivity contribution in [2.24, 2.45) is 0 Å². The lowest BCUT2D eigenvalue weighted by Crippen LogP contribution is -1.99. The monoisotopic (exact) mass is 437 g/mol. The number of aryl methyl sites for hydroxylation is 2. The number of aromatic nitrogens is 3. The fraction of sp³-hybridized carbons (Fsp3) is 0.0952. The zero-order valence-electron chi connectivity index (χ0n) is 14.0. The first-order chi connectivity index (χ1) is 12.2. The SMILES string of the molecule is Cc1ccccc1-n1c2c(C)c(I)ccc2n2c3ccccc3nc12. The molecule has 0 amide bonds. The molecule has 0 spiro atoms. The maximum Gasteiger partial charge on any atom is 0.220 e. The quantitative estimate of drug-likeness (QED) is 0.311. The van der Waals surface area contributed by atoms with Crippen LogP contribution in [0.1, 0.15) is 11.1 Å². The third kappa shape index (κ3) is 2.00. The summed E-state index contributed by atoms with van der Waals surface area (Å²) in [4.78, 5) is 4.96. The van der Waals surface area contributed by atoms with Crippen molar-refractivity contribution >= 4 is 50.4 Å². The Hall–Kier alpha value is -2.34. The summed E-state index contributed by atoms with van der Waals surface area (Å²) in [6, 6.07) is 21.2. The highest BCUT2D eigenvalue weighted by molar-refractivity contribution is 14.1. The second-order valence-electron chi connectivity index (χ2n) is 6.40. The highest BCUT2D eigenvalue weighted by Gasteiger charge is 2.19. The van der Waals surface area contributed by atoms with Gasteiger partial charge in [0.2, 0.25) is 5.78 Å². The van der Waals surface area contributed by atoms with Crippen LogP contribution < -0.4 is 0 Å². The van der Waals surface area contributed by atoms with Crippen LogP contribution in [0.4, 0.5) is 0 Å². The number of hydrogen-bond acceptors (Lipinski definition) is 1. The highest BCUT2D eigenvalue weighted by atomic mass is 127. The van der Waals surface area contributed by atoms with Gasteiger partial charge in [-0.15, -0.1) is 0 Å². The van der Waals surface area contributed by atoms with Gasteiger partial charge in [-0.3, -0.25) is 8.97 Å². The van der Waals surface area contributed by atoms with Crippen LogP contribution in [0.2, 0.25) is 0 Å². The van der Waals surface area contributed by atoms with Gasteiger partial charge in [-0.05, 0) is 77.9 Å². The molecule has 0 saturated carbocycles. The molecule has 0 saturated heterocycles. The van der Waals surface area contributed by atoms with E-state index in [9.17, 15) is 0 Å². The van der Waals surface area contributed by atoms with Crippen molar-refractivity contribution in [3.05, 3.63) is 75.4 Å². The summed E-state index contributed by atoms with van der Waals surface area (Å²) in [6.45, 7) is 4.35. The second kappa shape index (κ2) is 5.33. The van der Waals surface area contributed by atoms with Gasteiger partial charge in [-0.1, -0.05) is 30.3 Å². The van der Waals surface area contributed by atoms with Crippen LogP contribution in [0.5, 0.6) is 0 Å². The Labute approximate surface area is 159 Å². The largest absolute Gasteiger partial charge is 0.278 e. The minimum Gasteiger partial charge on any atom is -0.278 e. The van der Waals surface area contributed by atoms with Crippen molar-refractivity contribution in [1.82, 2.24) is 14.0 Å². The van der Waals surface area contributed by atoms with Crippen molar-refractivity contribution < 1.29 is 0 Å². The average Bonchev–Trinajstić information content (AvgIpc) is 3.14. The van der Waals surface area contributed by atoms with Crippen LogP contribution in [0, 0.1) is 17.4 Å². The third-order valence-corrected chi connectivity index (χ3v) is 6.08. The number of fused-ring (bicyclic) bond motifs is 5. The van der Waals surface area contributed by atoms with Gasteiger partial charge >= 0.3 is 0 Å². The minimum absolute atomic E-state index is 0.968. The van der Waals surface area contributed by atoms with E-state index in [0.717, 1.165) is 16.8 Å². The topological polar surface area (TPSA) is 22.2 Å². The van der Waals surface area contributed by atoms with E-state index in [0.29, 0.717) is 0 Å². The predicted octanol–water partition coefficient (Wildman–Crippen LogP) is 5.65. The summed E-state index contributed by atoms with van der Waals surface area (Å²) < 4.78 is 5.85. The Bertz CT molecular complexity index is 1280. The normalized spacial score (nSPS) is 11.8. The Morgan fingerprint density at radius 3 is 2.44 bits per heavy atom. The standard InChI is InChI=1S/C21H16IN3/c1-13-7-3-5-9-17(13)25-20-14(2)15(22)11-12-19(20)24-18-10-6-4-8-16(18)23-21(24)25/h3-12H,1-2H3. The molecule has 5 rings (SSSR count). The molecule has 0 fully saturated rings. The fourth-order valence-electron chi connectivity index (χ4n) is 3.67. The highest BCUT2D eigenvalue weighted by Crippen LogP contribution is 2.33. The summed E-state index contributed by atoms with van der Waals surface area (Å²) in [6.07, 6.45) is 0. The molecule has 0 unspecified atom stereocenters. The number of nitrogens with zero attached hydrogens (tertiary/aromatic N) is 3. The number of halogens is 1. The van der Waals surface area contributed by atoms with Crippen molar-refractivity contribution in [2.75, 3.05) is 0 Å². The van der Waals surface area contributed by atoms with E-state index in [2.05, 4.69) is 100 Å². The van der Waals surface area contributed by atoms with E-state index in [1.807, 2.05) is 6.07 Å². The lowest BCUT2D eigenvalue weighted by Gasteiger charge is -2.10. The Kier molecular flexibility index (Phi) is 3.19. The Balaban J connectivity index is 2.10. The molecule has 0 aliphatic heterocycles. The fourth-order valence-corrected chi connectivity index (χ4v) is 4.10. The molecule has 2 aromatic heterocycles. The van der Waals surface area contributed by atoms with Gasteiger partial charge in [0, 0.05) is 3.57 Å². The molecule has 3 aromatic carbocycles.